The van der Waals surface area contributed by atoms with E-state index in [2.05, 4.69) is 20.3 Å². The van der Waals surface area contributed by atoms with E-state index in [4.69, 9.17) is 19.4 Å². The van der Waals surface area contributed by atoms with Crippen LogP contribution < -0.4 is 10.6 Å². The molecule has 1 saturated heterocycles. The summed E-state index contributed by atoms with van der Waals surface area (Å²) in [7, 11) is 3.51. The first-order valence-electron chi connectivity index (χ1n) is 12.2. The number of aliphatic hydroxyl groups is 1. The molecule has 2 aromatic rings. The Labute approximate surface area is 207 Å². The van der Waals surface area contributed by atoms with E-state index >= 15 is 0 Å². The van der Waals surface area contributed by atoms with E-state index in [1.54, 1.807) is 18.7 Å². The normalized spacial score (nSPS) is 24.1. The largest absolute Gasteiger partial charge is 0.391 e. The van der Waals surface area contributed by atoms with E-state index in [9.17, 15) is 9.90 Å². The van der Waals surface area contributed by atoms with Gasteiger partial charge in [0, 0.05) is 50.4 Å². The molecule has 2 aromatic heterocycles. The lowest BCUT2D eigenvalue weighted by molar-refractivity contribution is -0.0600. The van der Waals surface area contributed by atoms with E-state index < -0.39 is 6.10 Å². The second-order valence-electron chi connectivity index (χ2n) is 9.32. The zero-order valence-corrected chi connectivity index (χ0v) is 20.2. The van der Waals surface area contributed by atoms with Gasteiger partial charge in [0.25, 0.3) is 5.91 Å². The molecule has 5 heterocycles. The summed E-state index contributed by atoms with van der Waals surface area (Å²) in [5.74, 6) is 1.24. The molecule has 0 bridgehead atoms. The number of aromatic nitrogens is 5. The maximum atomic E-state index is 13.0. The van der Waals surface area contributed by atoms with Gasteiger partial charge in [-0.3, -0.25) is 4.79 Å². The van der Waals surface area contributed by atoms with Crippen LogP contribution in [0.1, 0.15) is 35.7 Å². The standard InChI is InChI=1S/C25H29N7O4/c1-26-22-10-18(29-24-16(12-28-32(22)24)25(34)30-17-5-6-20(17)33)15-11-27-23-14(15)4-3-8-31(23)19-7-9-36-13-21(19)35-2/h3-4,8,10-12,17,19-21,26,33H,5-7,9,13H2,1-2H3,(H,30,34)/t17?,19-,20+,21-/m1/s1. The van der Waals surface area contributed by atoms with Gasteiger partial charge in [-0.05, 0) is 31.4 Å². The highest BCUT2D eigenvalue weighted by Gasteiger charge is 2.32. The molecule has 1 saturated carbocycles. The molecule has 0 spiro atoms. The lowest BCUT2D eigenvalue weighted by Gasteiger charge is -2.33. The topological polar surface area (TPSA) is 128 Å². The van der Waals surface area contributed by atoms with Crippen LogP contribution in [0.25, 0.3) is 28.3 Å². The number of amides is 1. The van der Waals surface area contributed by atoms with Gasteiger partial charge in [-0.15, -0.1) is 0 Å². The molecule has 0 radical (unpaired) electrons. The molecule has 11 heteroatoms. The van der Waals surface area contributed by atoms with Crippen molar-refractivity contribution in [3.8, 4) is 22.6 Å². The van der Waals surface area contributed by atoms with Gasteiger partial charge in [0.1, 0.15) is 23.3 Å². The minimum atomic E-state index is -0.505. The number of hydrogen-bond acceptors (Lipinski definition) is 8. The first-order chi connectivity index (χ1) is 17.6. The van der Waals surface area contributed by atoms with Crippen LogP contribution in [0.3, 0.4) is 0 Å². The Bertz CT molecular complexity index is 1380. The van der Waals surface area contributed by atoms with Crippen molar-refractivity contribution >= 4 is 17.4 Å². The fourth-order valence-corrected chi connectivity index (χ4v) is 5.11. The fraction of sp³-hybridized carbons (Fsp3) is 0.440. The molecule has 1 aliphatic carbocycles. The van der Waals surface area contributed by atoms with E-state index in [0.29, 0.717) is 42.4 Å². The van der Waals surface area contributed by atoms with Crippen molar-refractivity contribution in [1.82, 2.24) is 29.5 Å². The van der Waals surface area contributed by atoms with Crippen LogP contribution in [0.4, 0.5) is 5.82 Å². The zero-order chi connectivity index (χ0) is 24.8. The van der Waals surface area contributed by atoms with Gasteiger partial charge in [-0.2, -0.15) is 9.61 Å². The number of methoxy groups -OCH3 is 1. The van der Waals surface area contributed by atoms with Gasteiger partial charge in [0.15, 0.2) is 5.65 Å². The van der Waals surface area contributed by atoms with Crippen LogP contribution in [0.15, 0.2) is 36.8 Å². The Hall–Kier alpha value is -3.54. The SMILES string of the molecule is CNc1cc(-c2cnc3n([C@@H]4CCOC[C@H]4OC)cccc2-3)nc2c(C(=O)NC3CC[C@@H]3O)cnn12. The van der Waals surface area contributed by atoms with Crippen molar-refractivity contribution < 1.29 is 19.4 Å². The summed E-state index contributed by atoms with van der Waals surface area (Å²) in [4.78, 5) is 22.6. The number of anilines is 1. The predicted octanol–water partition coefficient (Wildman–Crippen LogP) is 1.97. The van der Waals surface area contributed by atoms with Gasteiger partial charge in [-0.25, -0.2) is 9.97 Å². The molecule has 4 aliphatic rings. The number of nitrogens with one attached hydrogen (secondary N) is 2. The summed E-state index contributed by atoms with van der Waals surface area (Å²) in [5.41, 5.74) is 3.30. The first kappa shape index (κ1) is 22.9. The predicted molar refractivity (Wildman–Crippen MR) is 132 cm³/mol. The third kappa shape index (κ3) is 3.71. The molecular weight excluding hydrogens is 462 g/mol. The van der Waals surface area contributed by atoms with Crippen LogP contribution in [-0.2, 0) is 9.47 Å². The number of pyridine rings is 1. The third-order valence-electron chi connectivity index (χ3n) is 7.33. The van der Waals surface area contributed by atoms with Crippen LogP contribution in [-0.4, -0.2) is 80.8 Å². The second kappa shape index (κ2) is 9.16. The van der Waals surface area contributed by atoms with E-state index in [1.807, 2.05) is 30.6 Å². The van der Waals surface area contributed by atoms with Crippen LogP contribution in [0.5, 0.6) is 0 Å². The number of carbonyl (C=O) groups is 1. The number of fused-ring (bicyclic) bond motifs is 2. The van der Waals surface area contributed by atoms with Crippen LogP contribution in [0.2, 0.25) is 0 Å². The molecule has 3 aliphatic heterocycles. The van der Waals surface area contributed by atoms with Crippen LogP contribution in [0, 0.1) is 0 Å². The quantitative estimate of drug-likeness (QED) is 0.374. The third-order valence-corrected chi connectivity index (χ3v) is 7.33. The first-order valence-corrected chi connectivity index (χ1v) is 12.2. The fourth-order valence-electron chi connectivity index (χ4n) is 5.11. The van der Waals surface area contributed by atoms with Gasteiger partial charge in [0.2, 0.25) is 0 Å². The van der Waals surface area contributed by atoms with Crippen molar-refractivity contribution in [2.24, 2.45) is 0 Å². The Kier molecular flexibility index (Phi) is 5.82. The molecular formula is C25H29N7O4. The molecule has 2 fully saturated rings. The highest BCUT2D eigenvalue weighted by Crippen LogP contribution is 2.37. The van der Waals surface area contributed by atoms with Crippen LogP contribution >= 0.6 is 0 Å². The molecule has 36 heavy (non-hydrogen) atoms. The molecule has 0 aromatic carbocycles. The van der Waals surface area contributed by atoms with Gasteiger partial charge >= 0.3 is 0 Å². The number of rotatable bonds is 6. The summed E-state index contributed by atoms with van der Waals surface area (Å²) >= 11 is 0. The molecule has 1 unspecified atom stereocenters. The lowest BCUT2D eigenvalue weighted by Crippen LogP contribution is -2.50. The summed E-state index contributed by atoms with van der Waals surface area (Å²) < 4.78 is 15.1. The molecule has 11 nitrogen and oxygen atoms in total. The smallest absolute Gasteiger partial charge is 0.257 e. The number of ether oxygens (including phenoxy) is 2. The van der Waals surface area contributed by atoms with Crippen molar-refractivity contribution in [2.45, 2.75) is 43.6 Å². The molecule has 3 N–H and O–H groups in total. The Balaban J connectivity index is 1.39. The monoisotopic (exact) mass is 491 g/mol. The second-order valence-corrected chi connectivity index (χ2v) is 9.32. The number of hydrogen-bond donors (Lipinski definition) is 3. The van der Waals surface area contributed by atoms with Crippen molar-refractivity contribution in [1.29, 1.82) is 0 Å². The molecule has 188 valence electrons. The summed E-state index contributed by atoms with van der Waals surface area (Å²) in [5, 5.41) is 20.3. The van der Waals surface area contributed by atoms with Gasteiger partial charge in [-0.1, -0.05) is 0 Å². The Morgan fingerprint density at radius 1 is 1.25 bits per heavy atom. The summed E-state index contributed by atoms with van der Waals surface area (Å²) in [6.07, 6.45) is 7.10. The summed E-state index contributed by atoms with van der Waals surface area (Å²) in [6.45, 7) is 1.22. The minimum absolute atomic E-state index is 0.0538. The Morgan fingerprint density at radius 2 is 2.14 bits per heavy atom. The molecule has 6 rings (SSSR count). The zero-order valence-electron chi connectivity index (χ0n) is 20.2. The maximum Gasteiger partial charge on any atom is 0.257 e. The molecule has 4 atom stereocenters. The van der Waals surface area contributed by atoms with E-state index in [1.165, 1.54) is 6.20 Å². The number of aliphatic hydroxyl groups excluding tert-OH is 1. The average molecular weight is 492 g/mol. The van der Waals surface area contributed by atoms with Crippen molar-refractivity contribution in [3.63, 3.8) is 0 Å². The highest BCUT2D eigenvalue weighted by molar-refractivity contribution is 6.00. The van der Waals surface area contributed by atoms with E-state index in [0.717, 1.165) is 29.8 Å². The minimum Gasteiger partial charge on any atom is -0.391 e. The molecule has 1 amide bonds. The summed E-state index contributed by atoms with van der Waals surface area (Å²) in [6, 6.07) is 5.82. The van der Waals surface area contributed by atoms with Crippen molar-refractivity contribution in [3.05, 3.63) is 42.4 Å². The number of nitrogens with zero attached hydrogens (tertiary/aromatic N) is 5. The van der Waals surface area contributed by atoms with Gasteiger partial charge < -0.3 is 29.8 Å². The number of carbonyl (C=O) groups excluding carboxylic acids is 1. The lowest BCUT2D eigenvalue weighted by atomic mass is 9.89. The van der Waals surface area contributed by atoms with Gasteiger partial charge in [0.05, 0.1) is 36.7 Å². The van der Waals surface area contributed by atoms with E-state index in [-0.39, 0.29) is 24.1 Å². The average Bonchev–Trinajstić information content (AvgIpc) is 3.54. The maximum absolute atomic E-state index is 13.0. The Morgan fingerprint density at radius 3 is 2.89 bits per heavy atom. The van der Waals surface area contributed by atoms with Crippen molar-refractivity contribution in [2.75, 3.05) is 32.7 Å². The highest BCUT2D eigenvalue weighted by atomic mass is 16.5.